The molecule has 2 aromatic rings. The molecular formula is C13H13NO4. The standard InChI is InChI=1S/C13H13NO4/c1-17-10-3-4-11(18-2)12-8(10)5-7(14)6-9(12)13(15)16/h3-6H,14H2,1-2H3,(H,15,16). The van der Waals surface area contributed by atoms with Crippen LogP contribution >= 0.6 is 0 Å². The molecule has 0 saturated carbocycles. The van der Waals surface area contributed by atoms with Gasteiger partial charge >= 0.3 is 5.97 Å². The quantitative estimate of drug-likeness (QED) is 0.812. The molecule has 18 heavy (non-hydrogen) atoms. The second kappa shape index (κ2) is 4.44. The third kappa shape index (κ3) is 1.79. The molecule has 3 N–H and O–H groups in total. The SMILES string of the molecule is COc1ccc(OC)c2c(C(=O)O)cc(N)cc12. The van der Waals surface area contributed by atoms with Crippen LogP contribution in [0.2, 0.25) is 0 Å². The molecule has 0 unspecified atom stereocenters. The molecule has 0 radical (unpaired) electrons. The minimum Gasteiger partial charge on any atom is -0.496 e. The van der Waals surface area contributed by atoms with E-state index in [2.05, 4.69) is 0 Å². The van der Waals surface area contributed by atoms with E-state index in [9.17, 15) is 9.90 Å². The zero-order valence-corrected chi connectivity index (χ0v) is 10.1. The molecule has 5 nitrogen and oxygen atoms in total. The number of carboxylic acids is 1. The number of aromatic carboxylic acids is 1. The molecule has 0 atom stereocenters. The van der Waals surface area contributed by atoms with E-state index in [1.54, 1.807) is 18.2 Å². The summed E-state index contributed by atoms with van der Waals surface area (Å²) in [5.74, 6) is -0.0253. The smallest absolute Gasteiger partial charge is 0.336 e. The highest BCUT2D eigenvalue weighted by Crippen LogP contribution is 2.37. The van der Waals surface area contributed by atoms with Gasteiger partial charge < -0.3 is 20.3 Å². The van der Waals surface area contributed by atoms with Gasteiger partial charge in [-0.3, -0.25) is 0 Å². The van der Waals surface area contributed by atoms with Gasteiger partial charge in [-0.2, -0.15) is 0 Å². The highest BCUT2D eigenvalue weighted by molar-refractivity contribution is 6.09. The summed E-state index contributed by atoms with van der Waals surface area (Å²) in [7, 11) is 3.01. The summed E-state index contributed by atoms with van der Waals surface area (Å²) < 4.78 is 10.4. The summed E-state index contributed by atoms with van der Waals surface area (Å²) in [5.41, 5.74) is 6.18. The third-order valence-corrected chi connectivity index (χ3v) is 2.73. The summed E-state index contributed by atoms with van der Waals surface area (Å²) in [5, 5.41) is 10.3. The number of carbonyl (C=O) groups is 1. The van der Waals surface area contributed by atoms with Crippen LogP contribution in [0.3, 0.4) is 0 Å². The van der Waals surface area contributed by atoms with E-state index in [1.807, 2.05) is 0 Å². The molecule has 0 aliphatic heterocycles. The fourth-order valence-electron chi connectivity index (χ4n) is 1.97. The zero-order valence-electron chi connectivity index (χ0n) is 10.1. The summed E-state index contributed by atoms with van der Waals surface area (Å²) in [4.78, 5) is 11.3. The molecular weight excluding hydrogens is 234 g/mol. The fraction of sp³-hybridized carbons (Fsp3) is 0.154. The second-order valence-electron chi connectivity index (χ2n) is 3.77. The van der Waals surface area contributed by atoms with Gasteiger partial charge in [-0.1, -0.05) is 0 Å². The number of rotatable bonds is 3. The molecule has 94 valence electrons. The number of carboxylic acid groups (broad SMARTS) is 1. The van der Waals surface area contributed by atoms with Crippen molar-refractivity contribution >= 4 is 22.4 Å². The molecule has 2 rings (SSSR count). The Hall–Kier alpha value is -2.43. The lowest BCUT2D eigenvalue weighted by molar-refractivity contribution is 0.0699. The van der Waals surface area contributed by atoms with Gasteiger partial charge in [0.1, 0.15) is 11.5 Å². The molecule has 0 aliphatic rings. The number of methoxy groups -OCH3 is 2. The number of ether oxygens (including phenoxy) is 2. The largest absolute Gasteiger partial charge is 0.496 e. The lowest BCUT2D eigenvalue weighted by Crippen LogP contribution is -2.02. The van der Waals surface area contributed by atoms with Crippen LogP contribution in [0.25, 0.3) is 10.8 Å². The van der Waals surface area contributed by atoms with Crippen molar-refractivity contribution in [1.29, 1.82) is 0 Å². The van der Waals surface area contributed by atoms with E-state index in [0.29, 0.717) is 28.0 Å². The summed E-state index contributed by atoms with van der Waals surface area (Å²) >= 11 is 0. The Balaban J connectivity index is 2.96. The van der Waals surface area contributed by atoms with Crippen LogP contribution in [-0.4, -0.2) is 25.3 Å². The first-order valence-electron chi connectivity index (χ1n) is 5.26. The molecule has 0 aromatic heterocycles. The Morgan fingerprint density at radius 2 is 1.78 bits per heavy atom. The van der Waals surface area contributed by atoms with Crippen molar-refractivity contribution in [3.63, 3.8) is 0 Å². The van der Waals surface area contributed by atoms with Crippen molar-refractivity contribution in [1.82, 2.24) is 0 Å². The fourth-order valence-corrected chi connectivity index (χ4v) is 1.97. The van der Waals surface area contributed by atoms with Gasteiger partial charge in [0.05, 0.1) is 19.8 Å². The van der Waals surface area contributed by atoms with E-state index in [-0.39, 0.29) is 5.56 Å². The first kappa shape index (κ1) is 12.0. The Morgan fingerprint density at radius 1 is 1.17 bits per heavy atom. The molecule has 0 saturated heterocycles. The highest BCUT2D eigenvalue weighted by atomic mass is 16.5. The van der Waals surface area contributed by atoms with Crippen molar-refractivity contribution in [2.45, 2.75) is 0 Å². The van der Waals surface area contributed by atoms with Gasteiger partial charge in [-0.25, -0.2) is 4.79 Å². The van der Waals surface area contributed by atoms with Crippen LogP contribution in [0, 0.1) is 0 Å². The van der Waals surface area contributed by atoms with Crippen LogP contribution in [0.1, 0.15) is 10.4 Å². The van der Waals surface area contributed by atoms with E-state index in [4.69, 9.17) is 15.2 Å². The maximum absolute atomic E-state index is 11.3. The third-order valence-electron chi connectivity index (χ3n) is 2.73. The van der Waals surface area contributed by atoms with Crippen molar-refractivity contribution in [3.05, 3.63) is 29.8 Å². The van der Waals surface area contributed by atoms with E-state index in [1.165, 1.54) is 20.3 Å². The molecule has 2 aromatic carbocycles. The molecule has 0 fully saturated rings. The van der Waals surface area contributed by atoms with Gasteiger partial charge in [0.25, 0.3) is 0 Å². The first-order chi connectivity index (χ1) is 8.58. The normalized spacial score (nSPS) is 10.3. The van der Waals surface area contributed by atoms with Gasteiger partial charge in [-0.05, 0) is 24.3 Å². The van der Waals surface area contributed by atoms with E-state index in [0.717, 1.165) is 0 Å². The van der Waals surface area contributed by atoms with Crippen LogP contribution in [-0.2, 0) is 0 Å². The summed E-state index contributed by atoms with van der Waals surface area (Å²) in [6.07, 6.45) is 0. The predicted octanol–water partition coefficient (Wildman–Crippen LogP) is 2.14. The van der Waals surface area contributed by atoms with Crippen LogP contribution in [0.4, 0.5) is 5.69 Å². The highest BCUT2D eigenvalue weighted by Gasteiger charge is 2.16. The second-order valence-corrected chi connectivity index (χ2v) is 3.77. The molecule has 0 aliphatic carbocycles. The number of hydrogen-bond acceptors (Lipinski definition) is 4. The lowest BCUT2D eigenvalue weighted by atomic mass is 10.0. The minimum absolute atomic E-state index is 0.0979. The van der Waals surface area contributed by atoms with Crippen molar-refractivity contribution in [3.8, 4) is 11.5 Å². The number of anilines is 1. The maximum atomic E-state index is 11.3. The average Bonchev–Trinajstić information content (AvgIpc) is 2.36. The van der Waals surface area contributed by atoms with Gasteiger partial charge in [0.15, 0.2) is 0 Å². The summed E-state index contributed by atoms with van der Waals surface area (Å²) in [6, 6.07) is 6.46. The van der Waals surface area contributed by atoms with Crippen molar-refractivity contribution in [2.24, 2.45) is 0 Å². The summed E-state index contributed by atoms with van der Waals surface area (Å²) in [6.45, 7) is 0. The zero-order chi connectivity index (χ0) is 13.3. The average molecular weight is 247 g/mol. The van der Waals surface area contributed by atoms with Crippen LogP contribution in [0.15, 0.2) is 24.3 Å². The number of hydrogen-bond donors (Lipinski definition) is 2. The monoisotopic (exact) mass is 247 g/mol. The molecule has 5 heteroatoms. The Kier molecular flexibility index (Phi) is 2.97. The number of nitrogens with two attached hydrogens (primary N) is 1. The van der Waals surface area contributed by atoms with Gasteiger partial charge in [-0.15, -0.1) is 0 Å². The predicted molar refractivity (Wildman–Crippen MR) is 68.4 cm³/mol. The van der Waals surface area contributed by atoms with E-state index < -0.39 is 5.97 Å². The van der Waals surface area contributed by atoms with E-state index >= 15 is 0 Å². The Labute approximate surface area is 104 Å². The maximum Gasteiger partial charge on any atom is 0.336 e. The van der Waals surface area contributed by atoms with Crippen molar-refractivity contribution < 1.29 is 19.4 Å². The van der Waals surface area contributed by atoms with Gasteiger partial charge in [0.2, 0.25) is 0 Å². The first-order valence-corrected chi connectivity index (χ1v) is 5.26. The minimum atomic E-state index is -1.06. The van der Waals surface area contributed by atoms with Crippen LogP contribution < -0.4 is 15.2 Å². The number of benzene rings is 2. The van der Waals surface area contributed by atoms with Gasteiger partial charge in [0, 0.05) is 16.5 Å². The van der Waals surface area contributed by atoms with Crippen molar-refractivity contribution in [2.75, 3.05) is 20.0 Å². The Bertz CT molecular complexity index is 622. The lowest BCUT2D eigenvalue weighted by Gasteiger charge is -2.12. The Morgan fingerprint density at radius 3 is 2.33 bits per heavy atom. The molecule has 0 amide bonds. The molecule has 0 spiro atoms. The number of fused-ring (bicyclic) bond motifs is 1. The topological polar surface area (TPSA) is 81.8 Å². The van der Waals surface area contributed by atoms with Crippen LogP contribution in [0.5, 0.6) is 11.5 Å². The number of nitrogen functional groups attached to an aromatic ring is 1. The molecule has 0 heterocycles. The molecule has 0 bridgehead atoms.